The highest BCUT2D eigenvalue weighted by Gasteiger charge is 2.02. The molecular weight excluding hydrogens is 365 g/mol. The molecule has 0 aliphatic rings. The molecule has 2 aromatic heterocycles. The lowest BCUT2D eigenvalue weighted by atomic mass is 10.2. The Balaban J connectivity index is 1.67. The van der Waals surface area contributed by atoms with Gasteiger partial charge in [0.15, 0.2) is 9.59 Å². The fraction of sp³-hybridized carbons (Fsp3) is 0.0667. The predicted molar refractivity (Wildman–Crippen MR) is 86.2 cm³/mol. The quantitative estimate of drug-likeness (QED) is 0.700. The van der Waals surface area contributed by atoms with Crippen molar-refractivity contribution in [1.29, 1.82) is 0 Å². The SMILES string of the molecule is Ic1ccc(CNc2cnc(-c3ccccc3)nc2)o1. The van der Waals surface area contributed by atoms with E-state index in [4.69, 9.17) is 4.42 Å². The first-order chi connectivity index (χ1) is 9.81. The summed E-state index contributed by atoms with van der Waals surface area (Å²) < 4.78 is 6.37. The van der Waals surface area contributed by atoms with E-state index in [1.54, 1.807) is 12.4 Å². The number of aromatic nitrogens is 2. The number of anilines is 1. The highest BCUT2D eigenvalue weighted by atomic mass is 127. The number of hydrogen-bond acceptors (Lipinski definition) is 4. The maximum absolute atomic E-state index is 5.48. The van der Waals surface area contributed by atoms with Crippen LogP contribution in [0.5, 0.6) is 0 Å². The van der Waals surface area contributed by atoms with Crippen LogP contribution in [-0.2, 0) is 6.54 Å². The Morgan fingerprint density at radius 1 is 1.00 bits per heavy atom. The first-order valence-corrected chi connectivity index (χ1v) is 7.25. The van der Waals surface area contributed by atoms with Crippen molar-refractivity contribution in [3.05, 3.63) is 64.4 Å². The maximum atomic E-state index is 5.48. The van der Waals surface area contributed by atoms with Gasteiger partial charge in [-0.25, -0.2) is 9.97 Å². The summed E-state index contributed by atoms with van der Waals surface area (Å²) in [6.45, 7) is 0.622. The Hall–Kier alpha value is -1.89. The van der Waals surface area contributed by atoms with Gasteiger partial charge < -0.3 is 9.73 Å². The van der Waals surface area contributed by atoms with E-state index in [1.807, 2.05) is 42.5 Å². The van der Waals surface area contributed by atoms with E-state index >= 15 is 0 Å². The van der Waals surface area contributed by atoms with Crippen molar-refractivity contribution in [1.82, 2.24) is 9.97 Å². The molecule has 0 radical (unpaired) electrons. The smallest absolute Gasteiger partial charge is 0.164 e. The Morgan fingerprint density at radius 2 is 1.75 bits per heavy atom. The number of furan rings is 1. The molecule has 3 aromatic rings. The lowest BCUT2D eigenvalue weighted by molar-refractivity contribution is 0.493. The van der Waals surface area contributed by atoms with Gasteiger partial charge in [-0.3, -0.25) is 0 Å². The van der Waals surface area contributed by atoms with Crippen LogP contribution in [0.4, 0.5) is 5.69 Å². The first-order valence-electron chi connectivity index (χ1n) is 6.17. The number of rotatable bonds is 4. The third-order valence-electron chi connectivity index (χ3n) is 2.78. The van der Waals surface area contributed by atoms with E-state index in [9.17, 15) is 0 Å². The molecule has 1 aromatic carbocycles. The van der Waals surface area contributed by atoms with Gasteiger partial charge in [0.05, 0.1) is 24.6 Å². The Morgan fingerprint density at radius 3 is 2.40 bits per heavy atom. The summed E-state index contributed by atoms with van der Waals surface area (Å²) >= 11 is 2.15. The van der Waals surface area contributed by atoms with Crippen LogP contribution >= 0.6 is 22.6 Å². The Bertz CT molecular complexity index is 680. The minimum absolute atomic E-state index is 0.622. The van der Waals surface area contributed by atoms with Gasteiger partial charge in [-0.1, -0.05) is 30.3 Å². The van der Waals surface area contributed by atoms with E-state index < -0.39 is 0 Å². The summed E-state index contributed by atoms with van der Waals surface area (Å²) in [4.78, 5) is 8.72. The fourth-order valence-electron chi connectivity index (χ4n) is 1.79. The van der Waals surface area contributed by atoms with Crippen molar-refractivity contribution in [2.75, 3.05) is 5.32 Å². The highest BCUT2D eigenvalue weighted by Crippen LogP contribution is 2.16. The van der Waals surface area contributed by atoms with Crippen LogP contribution in [0.2, 0.25) is 0 Å². The van der Waals surface area contributed by atoms with Crippen LogP contribution < -0.4 is 5.32 Å². The second kappa shape index (κ2) is 6.04. The van der Waals surface area contributed by atoms with E-state index in [0.29, 0.717) is 6.54 Å². The molecule has 0 spiro atoms. The number of nitrogens with one attached hydrogen (secondary N) is 1. The zero-order valence-electron chi connectivity index (χ0n) is 10.6. The molecule has 0 saturated heterocycles. The molecule has 4 nitrogen and oxygen atoms in total. The Labute approximate surface area is 130 Å². The van der Waals surface area contributed by atoms with Crippen LogP contribution in [0.1, 0.15) is 5.76 Å². The van der Waals surface area contributed by atoms with Crippen molar-refractivity contribution < 1.29 is 4.42 Å². The summed E-state index contributed by atoms with van der Waals surface area (Å²) in [5.41, 5.74) is 1.88. The summed E-state index contributed by atoms with van der Waals surface area (Å²) in [6, 6.07) is 13.8. The highest BCUT2D eigenvalue weighted by molar-refractivity contribution is 14.1. The van der Waals surface area contributed by atoms with Crippen LogP contribution in [0.3, 0.4) is 0 Å². The van der Waals surface area contributed by atoms with Gasteiger partial charge in [-0.15, -0.1) is 0 Å². The minimum Gasteiger partial charge on any atom is -0.454 e. The van der Waals surface area contributed by atoms with Gasteiger partial charge in [0.1, 0.15) is 5.76 Å². The van der Waals surface area contributed by atoms with Gasteiger partial charge in [-0.05, 0) is 34.7 Å². The average molecular weight is 377 g/mol. The third-order valence-corrected chi connectivity index (χ3v) is 3.36. The minimum atomic E-state index is 0.622. The molecule has 0 aliphatic heterocycles. The van der Waals surface area contributed by atoms with Crippen LogP contribution in [0.15, 0.2) is 59.3 Å². The lowest BCUT2D eigenvalue weighted by Crippen LogP contribution is -2.00. The standard InChI is InChI=1S/C15H12IN3O/c16-14-7-6-13(20-14)10-17-12-8-18-15(19-9-12)11-4-2-1-3-5-11/h1-9,17H,10H2. The largest absolute Gasteiger partial charge is 0.454 e. The number of nitrogens with zero attached hydrogens (tertiary/aromatic N) is 2. The fourth-order valence-corrected chi connectivity index (χ4v) is 2.25. The predicted octanol–water partition coefficient (Wildman–Crippen LogP) is 3.95. The molecule has 0 saturated carbocycles. The van der Waals surface area contributed by atoms with Gasteiger partial charge in [0.2, 0.25) is 0 Å². The van der Waals surface area contributed by atoms with Crippen LogP contribution in [0, 0.1) is 3.77 Å². The van der Waals surface area contributed by atoms with Crippen LogP contribution in [-0.4, -0.2) is 9.97 Å². The number of hydrogen-bond donors (Lipinski definition) is 1. The number of benzene rings is 1. The van der Waals surface area contributed by atoms with Crippen molar-refractivity contribution in [3.8, 4) is 11.4 Å². The summed E-state index contributed by atoms with van der Waals surface area (Å²) in [6.07, 6.45) is 3.56. The van der Waals surface area contributed by atoms with Gasteiger partial charge in [0, 0.05) is 5.56 Å². The van der Waals surface area contributed by atoms with E-state index in [-0.39, 0.29) is 0 Å². The molecule has 3 rings (SSSR count). The topological polar surface area (TPSA) is 51.0 Å². The Kier molecular flexibility index (Phi) is 3.96. The summed E-state index contributed by atoms with van der Waals surface area (Å²) in [5.74, 6) is 1.62. The van der Waals surface area contributed by atoms with Crippen LogP contribution in [0.25, 0.3) is 11.4 Å². The number of halogens is 1. The van der Waals surface area contributed by atoms with Gasteiger partial charge in [-0.2, -0.15) is 0 Å². The molecule has 20 heavy (non-hydrogen) atoms. The van der Waals surface area contributed by atoms with Crippen molar-refractivity contribution in [2.45, 2.75) is 6.54 Å². The second-order valence-corrected chi connectivity index (χ2v) is 5.28. The summed E-state index contributed by atoms with van der Waals surface area (Å²) in [7, 11) is 0. The molecule has 5 heteroatoms. The van der Waals surface area contributed by atoms with Crippen molar-refractivity contribution in [3.63, 3.8) is 0 Å². The van der Waals surface area contributed by atoms with Crippen molar-refractivity contribution >= 4 is 28.3 Å². The lowest BCUT2D eigenvalue weighted by Gasteiger charge is -2.04. The average Bonchev–Trinajstić information content (AvgIpc) is 2.92. The normalized spacial score (nSPS) is 10.4. The molecule has 1 N–H and O–H groups in total. The molecule has 100 valence electrons. The molecular formula is C15H12IN3O. The third kappa shape index (κ3) is 3.16. The van der Waals surface area contributed by atoms with Gasteiger partial charge >= 0.3 is 0 Å². The van der Waals surface area contributed by atoms with E-state index in [2.05, 4.69) is 37.9 Å². The summed E-state index contributed by atoms with van der Waals surface area (Å²) in [5, 5.41) is 3.23. The van der Waals surface area contributed by atoms with Gasteiger partial charge in [0.25, 0.3) is 0 Å². The maximum Gasteiger partial charge on any atom is 0.164 e. The molecule has 0 amide bonds. The molecule has 0 atom stereocenters. The monoisotopic (exact) mass is 377 g/mol. The molecule has 2 heterocycles. The first kappa shape index (κ1) is 13.1. The molecule has 0 bridgehead atoms. The molecule has 0 fully saturated rings. The van der Waals surface area contributed by atoms with Crippen molar-refractivity contribution in [2.24, 2.45) is 0 Å². The van der Waals surface area contributed by atoms with E-state index in [1.165, 1.54) is 0 Å². The zero-order valence-corrected chi connectivity index (χ0v) is 12.7. The zero-order chi connectivity index (χ0) is 13.8. The van der Waals surface area contributed by atoms with E-state index in [0.717, 1.165) is 26.6 Å². The second-order valence-electron chi connectivity index (χ2n) is 4.22. The molecule has 0 aliphatic carbocycles. The molecule has 0 unspecified atom stereocenters.